The molecule has 0 aromatic heterocycles. The van der Waals surface area contributed by atoms with E-state index in [4.69, 9.17) is 5.73 Å². The van der Waals surface area contributed by atoms with Gasteiger partial charge in [0.25, 0.3) is 0 Å². The second kappa shape index (κ2) is 16.3. The van der Waals surface area contributed by atoms with Crippen molar-refractivity contribution >= 4 is 0 Å². The Morgan fingerprint density at radius 1 is 0.838 bits per heavy atom. The predicted molar refractivity (Wildman–Crippen MR) is 161 cm³/mol. The van der Waals surface area contributed by atoms with E-state index in [-0.39, 0.29) is 0 Å². The molecule has 0 bridgehead atoms. The van der Waals surface area contributed by atoms with Crippen molar-refractivity contribution in [1.29, 1.82) is 0 Å². The lowest BCUT2D eigenvalue weighted by Crippen LogP contribution is -2.37. The summed E-state index contributed by atoms with van der Waals surface area (Å²) in [6, 6.07) is 19.1. The maximum atomic E-state index is 5.73. The lowest BCUT2D eigenvalue weighted by Gasteiger charge is -2.32. The first-order valence-electron chi connectivity index (χ1n) is 15.3. The van der Waals surface area contributed by atoms with Crippen LogP contribution in [0.3, 0.4) is 0 Å². The highest BCUT2D eigenvalue weighted by atomic mass is 15.1. The fourth-order valence-corrected chi connectivity index (χ4v) is 5.82. The molecular formula is C34H55N3. The maximum Gasteiger partial charge on any atom is 0.0320 e. The van der Waals surface area contributed by atoms with E-state index in [0.717, 1.165) is 25.4 Å². The second-order valence-corrected chi connectivity index (χ2v) is 12.1. The zero-order valence-corrected chi connectivity index (χ0v) is 24.4. The fraction of sp³-hybridized carbons (Fsp3) is 0.647. The molecule has 0 spiro atoms. The number of aryl methyl sites for hydroxylation is 1. The van der Waals surface area contributed by atoms with Crippen molar-refractivity contribution in [2.45, 2.75) is 103 Å². The molecule has 0 aliphatic carbocycles. The first-order chi connectivity index (χ1) is 18.0. The molecule has 1 aliphatic rings. The first-order valence-corrected chi connectivity index (χ1v) is 15.3. The van der Waals surface area contributed by atoms with Crippen molar-refractivity contribution < 1.29 is 0 Å². The molecule has 0 saturated carbocycles. The molecule has 0 amide bonds. The van der Waals surface area contributed by atoms with Gasteiger partial charge in [-0.3, -0.25) is 0 Å². The van der Waals surface area contributed by atoms with Gasteiger partial charge in [-0.2, -0.15) is 0 Å². The topological polar surface area (TPSA) is 41.3 Å². The summed E-state index contributed by atoms with van der Waals surface area (Å²) < 4.78 is 0. The minimum atomic E-state index is 0.455. The average molecular weight is 506 g/mol. The number of unbranched alkanes of at least 4 members (excludes halogenated alkanes) is 1. The zero-order chi connectivity index (χ0) is 26.5. The monoisotopic (exact) mass is 505 g/mol. The van der Waals surface area contributed by atoms with Crippen LogP contribution in [-0.2, 0) is 6.42 Å². The highest BCUT2D eigenvalue weighted by molar-refractivity contribution is 5.27. The Morgan fingerprint density at radius 3 is 2.14 bits per heavy atom. The minimum Gasteiger partial charge on any atom is -0.330 e. The Kier molecular flexibility index (Phi) is 13.2. The normalized spacial score (nSPS) is 17.5. The number of rotatable bonds is 16. The van der Waals surface area contributed by atoms with Gasteiger partial charge >= 0.3 is 0 Å². The molecule has 3 rings (SSSR count). The number of nitrogens with zero attached hydrogens (tertiary/aromatic N) is 1. The quantitative estimate of drug-likeness (QED) is 0.229. The van der Waals surface area contributed by atoms with Gasteiger partial charge in [0.2, 0.25) is 0 Å². The molecule has 1 aliphatic heterocycles. The predicted octanol–water partition coefficient (Wildman–Crippen LogP) is 7.82. The van der Waals surface area contributed by atoms with Crippen molar-refractivity contribution in [2.75, 3.05) is 32.7 Å². The molecule has 37 heavy (non-hydrogen) atoms. The SMILES string of the molecule is CC(C)c1ccc(CCCCC(NCCCC2CCCN(CCCN)C2)c2ccc(C(C)C)cc2)cc1. The van der Waals surface area contributed by atoms with E-state index < -0.39 is 0 Å². The lowest BCUT2D eigenvalue weighted by molar-refractivity contribution is 0.166. The van der Waals surface area contributed by atoms with Gasteiger partial charge in [0.05, 0.1) is 0 Å². The van der Waals surface area contributed by atoms with Crippen LogP contribution in [0.5, 0.6) is 0 Å². The molecule has 1 heterocycles. The number of hydrogen-bond acceptors (Lipinski definition) is 3. The third-order valence-electron chi connectivity index (χ3n) is 8.32. The Morgan fingerprint density at radius 2 is 1.49 bits per heavy atom. The summed E-state index contributed by atoms with van der Waals surface area (Å²) in [7, 11) is 0. The largest absolute Gasteiger partial charge is 0.330 e. The van der Waals surface area contributed by atoms with Crippen LogP contribution < -0.4 is 11.1 Å². The smallest absolute Gasteiger partial charge is 0.0320 e. The van der Waals surface area contributed by atoms with Gasteiger partial charge in [-0.15, -0.1) is 0 Å². The van der Waals surface area contributed by atoms with Crippen molar-refractivity contribution in [3.05, 3.63) is 70.8 Å². The molecule has 3 N–H and O–H groups in total. The maximum absolute atomic E-state index is 5.73. The molecule has 0 radical (unpaired) electrons. The third-order valence-corrected chi connectivity index (χ3v) is 8.32. The van der Waals surface area contributed by atoms with Crippen LogP contribution in [0.2, 0.25) is 0 Å². The standard InChI is InChI=1S/C34H55N3/c1-27(2)31-16-14-29(15-17-31)10-5-6-13-34(33-20-18-32(19-21-33)28(3)4)36-23-7-11-30-12-8-24-37(26-30)25-9-22-35/h14-21,27-28,30,34,36H,5-13,22-26,35H2,1-4H3. The summed E-state index contributed by atoms with van der Waals surface area (Å²) in [6.07, 6.45) is 11.4. The molecule has 1 saturated heterocycles. The molecule has 3 heteroatoms. The van der Waals surface area contributed by atoms with Gasteiger partial charge in [-0.05, 0) is 118 Å². The molecule has 2 atom stereocenters. The van der Waals surface area contributed by atoms with E-state index in [9.17, 15) is 0 Å². The lowest BCUT2D eigenvalue weighted by atomic mass is 9.92. The number of piperidine rings is 1. The summed E-state index contributed by atoms with van der Waals surface area (Å²) in [6.45, 7) is 14.8. The molecular weight excluding hydrogens is 450 g/mol. The number of nitrogens with one attached hydrogen (secondary N) is 1. The summed E-state index contributed by atoms with van der Waals surface area (Å²) in [5.74, 6) is 2.05. The van der Waals surface area contributed by atoms with Gasteiger partial charge in [-0.25, -0.2) is 0 Å². The molecule has 2 aromatic rings. The highest BCUT2D eigenvalue weighted by Gasteiger charge is 2.19. The van der Waals surface area contributed by atoms with Crippen LogP contribution in [0.15, 0.2) is 48.5 Å². The molecule has 2 unspecified atom stereocenters. The summed E-state index contributed by atoms with van der Waals surface area (Å²) >= 11 is 0. The van der Waals surface area contributed by atoms with E-state index >= 15 is 0 Å². The number of likely N-dealkylation sites (tertiary alicyclic amines) is 1. The molecule has 1 fully saturated rings. The molecule has 206 valence electrons. The van der Waals surface area contributed by atoms with Crippen LogP contribution in [0.4, 0.5) is 0 Å². The van der Waals surface area contributed by atoms with Gasteiger partial charge in [0, 0.05) is 12.6 Å². The number of hydrogen-bond donors (Lipinski definition) is 2. The van der Waals surface area contributed by atoms with Crippen molar-refractivity contribution in [3.8, 4) is 0 Å². The summed E-state index contributed by atoms with van der Waals surface area (Å²) in [5.41, 5.74) is 11.5. The van der Waals surface area contributed by atoms with E-state index in [1.165, 1.54) is 93.3 Å². The Labute approximate surface area is 228 Å². The van der Waals surface area contributed by atoms with Crippen LogP contribution >= 0.6 is 0 Å². The Bertz CT molecular complexity index is 856. The van der Waals surface area contributed by atoms with Crippen LogP contribution in [-0.4, -0.2) is 37.6 Å². The summed E-state index contributed by atoms with van der Waals surface area (Å²) in [5, 5.41) is 3.96. The highest BCUT2D eigenvalue weighted by Crippen LogP contribution is 2.25. The Hall–Kier alpha value is -1.68. The third kappa shape index (κ3) is 10.5. The Balaban J connectivity index is 1.47. The van der Waals surface area contributed by atoms with Crippen molar-refractivity contribution in [3.63, 3.8) is 0 Å². The molecule has 3 nitrogen and oxygen atoms in total. The van der Waals surface area contributed by atoms with E-state index in [1.807, 2.05) is 0 Å². The van der Waals surface area contributed by atoms with Crippen molar-refractivity contribution in [1.82, 2.24) is 10.2 Å². The van der Waals surface area contributed by atoms with Gasteiger partial charge in [-0.1, -0.05) is 82.6 Å². The first kappa shape index (κ1) is 29.9. The van der Waals surface area contributed by atoms with Crippen LogP contribution in [0.1, 0.15) is 119 Å². The number of benzene rings is 2. The van der Waals surface area contributed by atoms with Crippen molar-refractivity contribution in [2.24, 2.45) is 11.7 Å². The summed E-state index contributed by atoms with van der Waals surface area (Å²) in [4.78, 5) is 2.64. The van der Waals surface area contributed by atoms with E-state index in [0.29, 0.717) is 17.9 Å². The van der Waals surface area contributed by atoms with E-state index in [1.54, 1.807) is 0 Å². The average Bonchev–Trinajstić information content (AvgIpc) is 2.91. The van der Waals surface area contributed by atoms with Gasteiger partial charge in [0.15, 0.2) is 0 Å². The number of nitrogens with two attached hydrogens (primary N) is 1. The van der Waals surface area contributed by atoms with Gasteiger partial charge in [0.1, 0.15) is 0 Å². The van der Waals surface area contributed by atoms with E-state index in [2.05, 4.69) is 86.4 Å². The minimum absolute atomic E-state index is 0.455. The van der Waals surface area contributed by atoms with Crippen LogP contribution in [0.25, 0.3) is 0 Å². The fourth-order valence-electron chi connectivity index (χ4n) is 5.82. The van der Waals surface area contributed by atoms with Crippen LogP contribution in [0, 0.1) is 5.92 Å². The zero-order valence-electron chi connectivity index (χ0n) is 24.4. The molecule has 2 aromatic carbocycles. The van der Waals surface area contributed by atoms with Gasteiger partial charge < -0.3 is 16.0 Å². The second-order valence-electron chi connectivity index (χ2n) is 12.1.